The van der Waals surface area contributed by atoms with E-state index >= 15 is 0 Å². The standard InChI is InChI=1S/C51H41N/c1-32(2)34-17-23-38(24-18-34)52(39-25-19-35(20-26-39)33(3)4)40-27-30-42-37(31-40)22-29-46-45-28-21-36-11-5-6-12-41(36)49(45)51(50(42)46)47-15-9-7-13-43(47)44-14-8-10-16-48(44)51/h5-33H,1-4H3. The lowest BCUT2D eigenvalue weighted by atomic mass is 9.68. The summed E-state index contributed by atoms with van der Waals surface area (Å²) >= 11 is 0. The molecule has 0 heterocycles. The van der Waals surface area contributed by atoms with Gasteiger partial charge in [-0.15, -0.1) is 0 Å². The lowest BCUT2D eigenvalue weighted by Gasteiger charge is -2.32. The minimum Gasteiger partial charge on any atom is -0.310 e. The van der Waals surface area contributed by atoms with Crippen LogP contribution in [0.2, 0.25) is 0 Å². The average molecular weight is 668 g/mol. The molecule has 8 aromatic carbocycles. The maximum Gasteiger partial charge on any atom is 0.0737 e. The van der Waals surface area contributed by atoms with Crippen LogP contribution >= 0.6 is 0 Å². The molecule has 1 spiro atoms. The fourth-order valence-corrected chi connectivity index (χ4v) is 9.35. The van der Waals surface area contributed by atoms with E-state index in [0.717, 1.165) is 17.1 Å². The maximum absolute atomic E-state index is 2.42. The van der Waals surface area contributed by atoms with Crippen LogP contribution in [0.1, 0.15) is 72.9 Å². The van der Waals surface area contributed by atoms with Crippen LogP contribution in [0.3, 0.4) is 0 Å². The van der Waals surface area contributed by atoms with Crippen molar-refractivity contribution in [3.05, 3.63) is 197 Å². The van der Waals surface area contributed by atoms with Crippen LogP contribution in [0.4, 0.5) is 17.1 Å². The molecule has 0 fully saturated rings. The number of anilines is 3. The number of hydrogen-bond acceptors (Lipinski definition) is 1. The van der Waals surface area contributed by atoms with Crippen molar-refractivity contribution >= 4 is 38.6 Å². The SMILES string of the molecule is CC(C)c1ccc(N(c2ccc(C(C)C)cc2)c2ccc3c4c(ccc3c2)-c2ccc3ccccc3c2C42c3ccccc3-c3ccccc32)cc1. The summed E-state index contributed by atoms with van der Waals surface area (Å²) in [6.45, 7) is 9.03. The first-order chi connectivity index (χ1) is 25.4. The van der Waals surface area contributed by atoms with Gasteiger partial charge in [-0.2, -0.15) is 0 Å². The maximum atomic E-state index is 2.42. The van der Waals surface area contributed by atoms with Gasteiger partial charge >= 0.3 is 0 Å². The van der Waals surface area contributed by atoms with Gasteiger partial charge in [-0.25, -0.2) is 0 Å². The Morgan fingerprint density at radius 3 is 1.40 bits per heavy atom. The van der Waals surface area contributed by atoms with Crippen molar-refractivity contribution in [3.63, 3.8) is 0 Å². The summed E-state index contributed by atoms with van der Waals surface area (Å²) in [5.41, 5.74) is 16.6. The molecular weight excluding hydrogens is 627 g/mol. The van der Waals surface area contributed by atoms with Gasteiger partial charge in [0.25, 0.3) is 0 Å². The van der Waals surface area contributed by atoms with Gasteiger partial charge in [0.2, 0.25) is 0 Å². The van der Waals surface area contributed by atoms with Gasteiger partial charge in [0.1, 0.15) is 0 Å². The third kappa shape index (κ3) is 4.29. The lowest BCUT2D eigenvalue weighted by Crippen LogP contribution is -2.26. The third-order valence-corrected chi connectivity index (χ3v) is 11.8. The molecule has 52 heavy (non-hydrogen) atoms. The Kier molecular flexibility index (Phi) is 6.86. The second-order valence-electron chi connectivity index (χ2n) is 15.3. The Hall–Kier alpha value is -5.92. The molecule has 0 unspecified atom stereocenters. The molecule has 8 aromatic rings. The van der Waals surface area contributed by atoms with E-state index in [-0.39, 0.29) is 0 Å². The molecule has 0 radical (unpaired) electrons. The van der Waals surface area contributed by atoms with E-state index in [1.807, 2.05) is 0 Å². The first kappa shape index (κ1) is 30.9. The number of rotatable bonds is 5. The fourth-order valence-electron chi connectivity index (χ4n) is 9.35. The van der Waals surface area contributed by atoms with Crippen LogP contribution in [-0.2, 0) is 5.41 Å². The van der Waals surface area contributed by atoms with Crippen LogP contribution in [0.15, 0.2) is 164 Å². The normalized spacial score (nSPS) is 13.5. The molecule has 250 valence electrons. The predicted octanol–water partition coefficient (Wildman–Crippen LogP) is 14.1. The zero-order valence-corrected chi connectivity index (χ0v) is 30.2. The fraction of sp³-hybridized carbons (Fsp3) is 0.137. The van der Waals surface area contributed by atoms with Crippen molar-refractivity contribution in [1.29, 1.82) is 0 Å². The molecule has 1 nitrogen and oxygen atoms in total. The van der Waals surface area contributed by atoms with Crippen molar-refractivity contribution in [3.8, 4) is 22.3 Å². The van der Waals surface area contributed by atoms with Gasteiger partial charge in [-0.1, -0.05) is 155 Å². The minimum atomic E-state index is -0.432. The van der Waals surface area contributed by atoms with E-state index in [1.54, 1.807) is 0 Å². The van der Waals surface area contributed by atoms with Gasteiger partial charge in [0, 0.05) is 17.1 Å². The minimum absolute atomic E-state index is 0.432. The average Bonchev–Trinajstić information content (AvgIpc) is 3.66. The highest BCUT2D eigenvalue weighted by Crippen LogP contribution is 2.65. The number of fused-ring (bicyclic) bond motifs is 14. The molecule has 0 aromatic heterocycles. The molecule has 2 aliphatic carbocycles. The van der Waals surface area contributed by atoms with E-state index < -0.39 is 5.41 Å². The highest BCUT2D eigenvalue weighted by Gasteiger charge is 2.53. The molecular formula is C51H41N. The molecule has 0 amide bonds. The van der Waals surface area contributed by atoms with Crippen LogP contribution in [0, 0.1) is 0 Å². The van der Waals surface area contributed by atoms with Gasteiger partial charge in [0.15, 0.2) is 0 Å². The zero-order chi connectivity index (χ0) is 35.1. The van der Waals surface area contributed by atoms with E-state index in [0.29, 0.717) is 11.8 Å². The number of nitrogens with zero attached hydrogens (tertiary/aromatic N) is 1. The van der Waals surface area contributed by atoms with E-state index in [4.69, 9.17) is 0 Å². The Labute approximate surface area is 306 Å². The van der Waals surface area contributed by atoms with Crippen molar-refractivity contribution in [2.24, 2.45) is 0 Å². The highest BCUT2D eigenvalue weighted by molar-refractivity contribution is 6.09. The summed E-state index contributed by atoms with van der Waals surface area (Å²) in [6.07, 6.45) is 0. The molecule has 2 aliphatic rings. The summed E-state index contributed by atoms with van der Waals surface area (Å²) in [5.74, 6) is 0.963. The first-order valence-electron chi connectivity index (χ1n) is 18.7. The van der Waals surface area contributed by atoms with Crippen LogP contribution in [-0.4, -0.2) is 0 Å². The summed E-state index contributed by atoms with van der Waals surface area (Å²) in [7, 11) is 0. The van der Waals surface area contributed by atoms with Gasteiger partial charge in [-0.3, -0.25) is 0 Å². The first-order valence-corrected chi connectivity index (χ1v) is 18.7. The van der Waals surface area contributed by atoms with Gasteiger partial charge in [0.05, 0.1) is 5.41 Å². The molecule has 10 rings (SSSR count). The smallest absolute Gasteiger partial charge is 0.0737 e. The lowest BCUT2D eigenvalue weighted by molar-refractivity contribution is 0.809. The second kappa shape index (κ2) is 11.6. The topological polar surface area (TPSA) is 3.24 Å². The van der Waals surface area contributed by atoms with Crippen molar-refractivity contribution < 1.29 is 0 Å². The molecule has 0 atom stereocenters. The van der Waals surface area contributed by atoms with Crippen LogP contribution in [0.5, 0.6) is 0 Å². The predicted molar refractivity (Wildman–Crippen MR) is 221 cm³/mol. The Balaban J connectivity index is 1.24. The largest absolute Gasteiger partial charge is 0.310 e. The molecule has 0 saturated heterocycles. The van der Waals surface area contributed by atoms with Crippen LogP contribution < -0.4 is 4.90 Å². The van der Waals surface area contributed by atoms with Crippen LogP contribution in [0.25, 0.3) is 43.8 Å². The summed E-state index contributed by atoms with van der Waals surface area (Å²) in [5, 5.41) is 5.16. The Bertz CT molecular complexity index is 2580. The van der Waals surface area contributed by atoms with Crippen molar-refractivity contribution in [2.45, 2.75) is 44.9 Å². The molecule has 0 bridgehead atoms. The van der Waals surface area contributed by atoms with E-state index in [1.165, 1.54) is 77.2 Å². The quantitative estimate of drug-likeness (QED) is 0.177. The molecule has 1 heteroatoms. The Morgan fingerprint density at radius 1 is 0.385 bits per heavy atom. The molecule has 0 saturated carbocycles. The number of hydrogen-bond donors (Lipinski definition) is 0. The highest BCUT2D eigenvalue weighted by atomic mass is 15.1. The molecule has 0 aliphatic heterocycles. The summed E-state index contributed by atoms with van der Waals surface area (Å²) in [6, 6.07) is 62.0. The van der Waals surface area contributed by atoms with E-state index in [9.17, 15) is 0 Å². The van der Waals surface area contributed by atoms with Crippen molar-refractivity contribution in [2.75, 3.05) is 4.90 Å². The monoisotopic (exact) mass is 667 g/mol. The van der Waals surface area contributed by atoms with Gasteiger partial charge < -0.3 is 4.90 Å². The summed E-state index contributed by atoms with van der Waals surface area (Å²) < 4.78 is 0. The Morgan fingerprint density at radius 2 is 0.846 bits per heavy atom. The summed E-state index contributed by atoms with van der Waals surface area (Å²) in [4.78, 5) is 2.42. The second-order valence-corrected chi connectivity index (χ2v) is 15.3. The molecule has 0 N–H and O–H groups in total. The zero-order valence-electron chi connectivity index (χ0n) is 30.2. The van der Waals surface area contributed by atoms with Crippen molar-refractivity contribution in [1.82, 2.24) is 0 Å². The number of benzene rings is 8. The van der Waals surface area contributed by atoms with Gasteiger partial charge in [-0.05, 0) is 125 Å². The third-order valence-electron chi connectivity index (χ3n) is 11.8. The van der Waals surface area contributed by atoms with E-state index in [2.05, 4.69) is 196 Å².